The minimum absolute atomic E-state index is 0.401. The number of thiophene rings is 1. The third kappa shape index (κ3) is 2.92. The minimum Gasteiger partial charge on any atom is -0.481 e. The van der Waals surface area contributed by atoms with E-state index in [4.69, 9.17) is 9.97 Å². The molecule has 7 heteroatoms. The lowest BCUT2D eigenvalue weighted by atomic mass is 10.1. The molecule has 0 radical (unpaired) electrons. The number of aliphatic carboxylic acids is 1. The molecule has 3 heterocycles. The fourth-order valence-electron chi connectivity index (χ4n) is 3.45. The quantitative estimate of drug-likeness (QED) is 0.743. The minimum atomic E-state index is -0.801. The Labute approximate surface area is 155 Å². The molecule has 134 valence electrons. The number of fused-ring (bicyclic) bond motifs is 3. The van der Waals surface area contributed by atoms with Gasteiger partial charge in [-0.25, -0.2) is 9.97 Å². The first-order chi connectivity index (χ1) is 12.5. The first-order valence-electron chi connectivity index (χ1n) is 8.71. The number of carboxylic acid groups (broad SMARTS) is 1. The number of carboxylic acids is 1. The third-order valence-corrected chi connectivity index (χ3v) is 5.98. The predicted molar refractivity (Wildman–Crippen MR) is 103 cm³/mol. The number of hydrogen-bond donors (Lipinski definition) is 1. The first kappa shape index (κ1) is 16.9. The number of hydrogen-bond acceptors (Lipinski definition) is 6. The summed E-state index contributed by atoms with van der Waals surface area (Å²) < 4.78 is 0. The topological polar surface area (TPSA) is 79.2 Å². The van der Waals surface area contributed by atoms with Crippen molar-refractivity contribution in [1.29, 1.82) is 0 Å². The summed E-state index contributed by atoms with van der Waals surface area (Å²) in [6.07, 6.45) is 6.78. The lowest BCUT2D eigenvalue weighted by Crippen LogP contribution is -2.29. The normalized spacial score (nSPS) is 14.4. The van der Waals surface area contributed by atoms with Crippen molar-refractivity contribution in [2.45, 2.75) is 26.2 Å². The van der Waals surface area contributed by atoms with Gasteiger partial charge in [-0.15, -0.1) is 11.3 Å². The highest BCUT2D eigenvalue weighted by molar-refractivity contribution is 7.19. The van der Waals surface area contributed by atoms with Gasteiger partial charge >= 0.3 is 5.97 Å². The highest BCUT2D eigenvalue weighted by Crippen LogP contribution is 2.41. The average Bonchev–Trinajstić information content (AvgIpc) is 3.22. The van der Waals surface area contributed by atoms with Gasteiger partial charge in [0.1, 0.15) is 10.6 Å². The standard InChI is InChI=1S/C19H20N4O2S/c1-11(19(24)25)10-23(2)17-15-13-6-3-7-14(13)26-18(15)22-16(21-17)12-5-4-8-20-9-12/h4-5,8-9,11H,3,6-7,10H2,1-2H3,(H,24,25). The Hall–Kier alpha value is -2.54. The van der Waals surface area contributed by atoms with Crippen LogP contribution in [0.3, 0.4) is 0 Å². The maximum atomic E-state index is 11.3. The highest BCUT2D eigenvalue weighted by atomic mass is 32.1. The average molecular weight is 368 g/mol. The van der Waals surface area contributed by atoms with Crippen LogP contribution < -0.4 is 4.90 Å². The molecule has 1 aliphatic rings. The predicted octanol–water partition coefficient (Wildman–Crippen LogP) is 3.40. The molecule has 0 saturated carbocycles. The summed E-state index contributed by atoms with van der Waals surface area (Å²) in [5.74, 6) is 0.181. The van der Waals surface area contributed by atoms with E-state index in [1.54, 1.807) is 30.7 Å². The van der Waals surface area contributed by atoms with E-state index in [1.807, 2.05) is 24.1 Å². The summed E-state index contributed by atoms with van der Waals surface area (Å²) >= 11 is 1.74. The number of carbonyl (C=O) groups is 1. The number of anilines is 1. The van der Waals surface area contributed by atoms with Crippen molar-refractivity contribution in [3.63, 3.8) is 0 Å². The van der Waals surface area contributed by atoms with Gasteiger partial charge in [0, 0.05) is 36.4 Å². The zero-order chi connectivity index (χ0) is 18.3. The summed E-state index contributed by atoms with van der Waals surface area (Å²) in [4.78, 5) is 29.4. The largest absolute Gasteiger partial charge is 0.481 e. The molecule has 1 unspecified atom stereocenters. The van der Waals surface area contributed by atoms with Gasteiger partial charge in [-0.1, -0.05) is 6.92 Å². The molecule has 1 aliphatic carbocycles. The molecule has 0 aromatic carbocycles. The van der Waals surface area contributed by atoms with Crippen LogP contribution in [0.25, 0.3) is 21.6 Å². The zero-order valence-electron chi connectivity index (χ0n) is 14.8. The number of nitrogens with zero attached hydrogens (tertiary/aromatic N) is 4. The monoisotopic (exact) mass is 368 g/mol. The van der Waals surface area contributed by atoms with Crippen LogP contribution in [0.5, 0.6) is 0 Å². The maximum Gasteiger partial charge on any atom is 0.308 e. The molecule has 3 aromatic rings. The van der Waals surface area contributed by atoms with Crippen LogP contribution in [0.1, 0.15) is 23.8 Å². The highest BCUT2D eigenvalue weighted by Gasteiger charge is 2.25. The van der Waals surface area contributed by atoms with Crippen molar-refractivity contribution in [2.24, 2.45) is 5.92 Å². The molecule has 0 aliphatic heterocycles. The summed E-state index contributed by atoms with van der Waals surface area (Å²) in [5, 5.41) is 10.4. The maximum absolute atomic E-state index is 11.3. The van der Waals surface area contributed by atoms with Crippen LogP contribution in [-0.4, -0.2) is 39.6 Å². The van der Waals surface area contributed by atoms with Crippen molar-refractivity contribution in [2.75, 3.05) is 18.5 Å². The lowest BCUT2D eigenvalue weighted by Gasteiger charge is -2.22. The van der Waals surface area contributed by atoms with Crippen LogP contribution in [0.4, 0.5) is 5.82 Å². The molecule has 6 nitrogen and oxygen atoms in total. The molecule has 4 rings (SSSR count). The fraction of sp³-hybridized carbons (Fsp3) is 0.368. The van der Waals surface area contributed by atoms with E-state index >= 15 is 0 Å². The van der Waals surface area contributed by atoms with Crippen molar-refractivity contribution < 1.29 is 9.90 Å². The summed E-state index contributed by atoms with van der Waals surface area (Å²) in [6, 6.07) is 3.81. The van der Waals surface area contributed by atoms with Gasteiger partial charge in [0.05, 0.1) is 11.3 Å². The summed E-state index contributed by atoms with van der Waals surface area (Å²) in [7, 11) is 1.91. The van der Waals surface area contributed by atoms with E-state index in [9.17, 15) is 9.90 Å². The van der Waals surface area contributed by atoms with Crippen LogP contribution in [0.2, 0.25) is 0 Å². The van der Waals surface area contributed by atoms with Crippen molar-refractivity contribution >= 4 is 33.3 Å². The second-order valence-electron chi connectivity index (χ2n) is 6.77. The van der Waals surface area contributed by atoms with Crippen LogP contribution in [0.15, 0.2) is 24.5 Å². The van der Waals surface area contributed by atoms with Crippen molar-refractivity contribution in [3.05, 3.63) is 35.0 Å². The summed E-state index contributed by atoms with van der Waals surface area (Å²) in [5.41, 5.74) is 2.21. The SMILES string of the molecule is CC(CN(C)c1nc(-c2cccnc2)nc2sc3c(c12)CCC3)C(=O)O. The van der Waals surface area contributed by atoms with Crippen molar-refractivity contribution in [3.8, 4) is 11.4 Å². The molecule has 0 amide bonds. The smallest absolute Gasteiger partial charge is 0.308 e. The molecule has 0 bridgehead atoms. The Morgan fingerprint density at radius 2 is 2.23 bits per heavy atom. The molecule has 26 heavy (non-hydrogen) atoms. The van der Waals surface area contributed by atoms with Gasteiger partial charge in [-0.05, 0) is 37.0 Å². The number of aryl methyl sites for hydroxylation is 2. The zero-order valence-corrected chi connectivity index (χ0v) is 15.6. The van der Waals surface area contributed by atoms with Gasteiger partial charge in [0.2, 0.25) is 0 Å². The molecule has 0 spiro atoms. The number of rotatable bonds is 5. The van der Waals surface area contributed by atoms with Crippen LogP contribution in [0, 0.1) is 5.92 Å². The van der Waals surface area contributed by atoms with Crippen LogP contribution in [-0.2, 0) is 17.6 Å². The number of aromatic nitrogens is 3. The third-order valence-electron chi connectivity index (χ3n) is 4.80. The second-order valence-corrected chi connectivity index (χ2v) is 7.85. The van der Waals surface area contributed by atoms with E-state index in [1.165, 1.54) is 10.4 Å². The molecule has 1 atom stereocenters. The van der Waals surface area contributed by atoms with E-state index in [2.05, 4.69) is 4.98 Å². The van der Waals surface area contributed by atoms with Crippen molar-refractivity contribution in [1.82, 2.24) is 15.0 Å². The van der Waals surface area contributed by atoms with Gasteiger partial charge < -0.3 is 10.0 Å². The van der Waals surface area contributed by atoms with E-state index < -0.39 is 11.9 Å². The molecule has 0 saturated heterocycles. The Morgan fingerprint density at radius 1 is 1.38 bits per heavy atom. The van der Waals surface area contributed by atoms with Crippen LogP contribution >= 0.6 is 11.3 Å². The molecule has 1 N–H and O–H groups in total. The van der Waals surface area contributed by atoms with Gasteiger partial charge in [-0.2, -0.15) is 0 Å². The van der Waals surface area contributed by atoms with Gasteiger partial charge in [-0.3, -0.25) is 9.78 Å². The Morgan fingerprint density at radius 3 is 2.96 bits per heavy atom. The van der Waals surface area contributed by atoms with E-state index in [0.29, 0.717) is 12.4 Å². The Bertz CT molecular complexity index is 971. The fourth-order valence-corrected chi connectivity index (χ4v) is 4.71. The molecule has 3 aromatic heterocycles. The van der Waals surface area contributed by atoms with Gasteiger partial charge in [0.15, 0.2) is 5.82 Å². The lowest BCUT2D eigenvalue weighted by molar-refractivity contribution is -0.140. The van der Waals surface area contributed by atoms with E-state index in [-0.39, 0.29) is 0 Å². The Balaban J connectivity index is 1.86. The molecule has 0 fully saturated rings. The Kier molecular flexibility index (Phi) is 4.32. The molecular weight excluding hydrogens is 348 g/mol. The van der Waals surface area contributed by atoms with E-state index in [0.717, 1.165) is 40.9 Å². The second kappa shape index (κ2) is 6.64. The summed E-state index contributed by atoms with van der Waals surface area (Å²) in [6.45, 7) is 2.12. The number of pyridine rings is 1. The van der Waals surface area contributed by atoms with Gasteiger partial charge in [0.25, 0.3) is 0 Å². The first-order valence-corrected chi connectivity index (χ1v) is 9.53. The molecular formula is C19H20N4O2S.